The second-order valence-electron chi connectivity index (χ2n) is 10.2. The summed E-state index contributed by atoms with van der Waals surface area (Å²) < 4.78 is 36.0. The highest BCUT2D eigenvalue weighted by Gasteiger charge is 2.38. The Labute approximate surface area is 242 Å². The molecular formula is C29H45NO11. The van der Waals surface area contributed by atoms with Gasteiger partial charge in [0.25, 0.3) is 0 Å². The minimum atomic E-state index is -1.63. The van der Waals surface area contributed by atoms with Crippen molar-refractivity contribution in [2.75, 3.05) is 26.9 Å². The average molecular weight is 584 g/mol. The fraction of sp³-hybridized carbons (Fsp3) is 0.655. The van der Waals surface area contributed by atoms with Gasteiger partial charge in [0, 0.05) is 12.8 Å². The first kappa shape index (κ1) is 35.5. The van der Waals surface area contributed by atoms with Gasteiger partial charge >= 0.3 is 24.4 Å². The predicted octanol–water partition coefficient (Wildman–Crippen LogP) is 5.56. The molecule has 12 heteroatoms. The van der Waals surface area contributed by atoms with Gasteiger partial charge in [-0.25, -0.2) is 14.4 Å². The fourth-order valence-electron chi connectivity index (χ4n) is 3.45. The van der Waals surface area contributed by atoms with Crippen LogP contribution in [-0.4, -0.2) is 63.0 Å². The smallest absolute Gasteiger partial charge is 0.468 e. The molecule has 12 nitrogen and oxygen atoms in total. The average Bonchev–Trinajstić information content (AvgIpc) is 2.93. The zero-order valence-electron chi connectivity index (χ0n) is 25.2. The van der Waals surface area contributed by atoms with Crippen LogP contribution in [-0.2, 0) is 34.9 Å². The molecule has 2 N–H and O–H groups in total. The number of nitrogens with two attached hydrogens (primary N) is 1. The monoisotopic (exact) mass is 583 g/mol. The van der Waals surface area contributed by atoms with Crippen LogP contribution in [0, 0.1) is 11.8 Å². The predicted molar refractivity (Wildman–Crippen MR) is 149 cm³/mol. The number of methoxy groups -OCH3 is 1. The quantitative estimate of drug-likeness (QED) is 0.147. The van der Waals surface area contributed by atoms with Gasteiger partial charge in [0.05, 0.1) is 26.9 Å². The summed E-state index contributed by atoms with van der Waals surface area (Å²) in [5, 5.41) is 0. The Bertz CT molecular complexity index is 999. The van der Waals surface area contributed by atoms with E-state index in [1.54, 1.807) is 13.0 Å². The van der Waals surface area contributed by atoms with E-state index in [4.69, 9.17) is 38.9 Å². The van der Waals surface area contributed by atoms with Crippen LogP contribution in [0.1, 0.15) is 72.8 Å². The van der Waals surface area contributed by atoms with Crippen LogP contribution in [0.5, 0.6) is 11.5 Å². The molecule has 0 radical (unpaired) electrons. The van der Waals surface area contributed by atoms with Gasteiger partial charge in [-0.15, -0.1) is 0 Å². The topological polar surface area (TPSA) is 159 Å². The highest BCUT2D eigenvalue weighted by molar-refractivity contribution is 5.81. The van der Waals surface area contributed by atoms with Crippen molar-refractivity contribution in [3.63, 3.8) is 0 Å². The minimum Gasteiger partial charge on any atom is -0.468 e. The van der Waals surface area contributed by atoms with Crippen LogP contribution in [0.15, 0.2) is 18.2 Å². The van der Waals surface area contributed by atoms with Crippen molar-refractivity contribution in [2.45, 2.75) is 85.3 Å². The lowest BCUT2D eigenvalue weighted by atomic mass is 9.86. The van der Waals surface area contributed by atoms with E-state index in [9.17, 15) is 19.2 Å². The molecule has 0 bridgehead atoms. The lowest BCUT2D eigenvalue weighted by Crippen LogP contribution is -2.53. The molecule has 0 spiro atoms. The molecule has 0 heterocycles. The van der Waals surface area contributed by atoms with Crippen LogP contribution in [0.25, 0.3) is 0 Å². The van der Waals surface area contributed by atoms with Gasteiger partial charge in [-0.3, -0.25) is 4.79 Å². The number of hydrogen-bond acceptors (Lipinski definition) is 12. The third kappa shape index (κ3) is 13.1. The molecule has 1 rings (SSSR count). The summed E-state index contributed by atoms with van der Waals surface area (Å²) in [5.74, 6) is -0.746. The molecule has 0 saturated heterocycles. The third-order valence-corrected chi connectivity index (χ3v) is 6.24. The van der Waals surface area contributed by atoms with Crippen molar-refractivity contribution < 1.29 is 52.3 Å². The van der Waals surface area contributed by atoms with E-state index in [0.717, 1.165) is 12.8 Å². The van der Waals surface area contributed by atoms with Gasteiger partial charge < -0.3 is 38.9 Å². The Morgan fingerprint density at radius 1 is 0.829 bits per heavy atom. The first-order chi connectivity index (χ1) is 19.4. The molecule has 0 aliphatic heterocycles. The minimum absolute atomic E-state index is 0.0977. The van der Waals surface area contributed by atoms with Crippen molar-refractivity contribution in [3.05, 3.63) is 23.8 Å². The van der Waals surface area contributed by atoms with Crippen molar-refractivity contribution >= 4 is 24.4 Å². The van der Waals surface area contributed by atoms with Crippen LogP contribution >= 0.6 is 0 Å². The molecule has 0 saturated carbocycles. The largest absolute Gasteiger partial charge is 0.513 e. The lowest BCUT2D eigenvalue weighted by Gasteiger charge is -2.29. The Hall–Kier alpha value is -3.54. The van der Waals surface area contributed by atoms with E-state index in [1.165, 1.54) is 19.2 Å². The van der Waals surface area contributed by atoms with E-state index in [2.05, 4.69) is 0 Å². The lowest BCUT2D eigenvalue weighted by molar-refractivity contribution is -0.148. The molecule has 0 fully saturated rings. The highest BCUT2D eigenvalue weighted by atomic mass is 16.7. The van der Waals surface area contributed by atoms with Gasteiger partial charge in [-0.2, -0.15) is 0 Å². The second kappa shape index (κ2) is 18.0. The molecule has 3 unspecified atom stereocenters. The molecule has 4 atom stereocenters. The number of hydrogen-bond donors (Lipinski definition) is 1. The van der Waals surface area contributed by atoms with Crippen molar-refractivity contribution in [3.8, 4) is 11.5 Å². The SMILES string of the molecule is CCCOC(=O)O[C@@H](C)CC(N)(Cc1ccc(OC(=O)OCC(C)CC)c(OC(=O)OCC(C)CC)c1)C(=O)OC. The zero-order chi connectivity index (χ0) is 31.0. The van der Waals surface area contributed by atoms with E-state index < -0.39 is 36.1 Å². The van der Waals surface area contributed by atoms with E-state index in [0.29, 0.717) is 12.0 Å². The van der Waals surface area contributed by atoms with Crippen LogP contribution in [0.2, 0.25) is 0 Å². The number of esters is 1. The van der Waals surface area contributed by atoms with Crippen LogP contribution in [0.3, 0.4) is 0 Å². The number of ether oxygens (including phenoxy) is 7. The third-order valence-electron chi connectivity index (χ3n) is 6.24. The Balaban J connectivity index is 3.20. The number of carbonyl (C=O) groups is 4. The summed E-state index contributed by atoms with van der Waals surface area (Å²) in [7, 11) is 1.19. The van der Waals surface area contributed by atoms with E-state index >= 15 is 0 Å². The number of carbonyl (C=O) groups excluding carboxylic acids is 4. The molecule has 0 amide bonds. The standard InChI is InChI=1S/C29H45NO11/c1-8-13-36-26(32)39-21(6)15-29(30,25(31)35-7)16-22-11-12-23(40-27(33)37-17-19(4)9-2)24(14-22)41-28(34)38-18-20(5)10-3/h11-12,14,19-21H,8-10,13,15-18,30H2,1-7H3/t19?,20?,21-,29?/m0/s1. The maximum Gasteiger partial charge on any atom is 0.513 e. The maximum absolute atomic E-state index is 12.7. The summed E-state index contributed by atoms with van der Waals surface area (Å²) >= 11 is 0. The number of rotatable bonds is 16. The van der Waals surface area contributed by atoms with Crippen molar-refractivity contribution in [1.82, 2.24) is 0 Å². The first-order valence-corrected chi connectivity index (χ1v) is 13.9. The summed E-state index contributed by atoms with van der Waals surface area (Å²) in [6.45, 7) is 11.7. The summed E-state index contributed by atoms with van der Waals surface area (Å²) in [4.78, 5) is 49.3. The normalized spacial score (nSPS) is 14.4. The van der Waals surface area contributed by atoms with Crippen LogP contribution in [0.4, 0.5) is 14.4 Å². The van der Waals surface area contributed by atoms with Gasteiger partial charge in [0.15, 0.2) is 11.5 Å². The molecule has 41 heavy (non-hydrogen) atoms. The van der Waals surface area contributed by atoms with E-state index in [-0.39, 0.29) is 56.0 Å². The Kier molecular flexibility index (Phi) is 15.6. The Morgan fingerprint density at radius 2 is 1.39 bits per heavy atom. The van der Waals surface area contributed by atoms with Crippen molar-refractivity contribution in [2.24, 2.45) is 17.6 Å². The summed E-state index contributed by atoms with van der Waals surface area (Å²) in [6.07, 6.45) is -1.62. The Morgan fingerprint density at radius 3 is 1.90 bits per heavy atom. The molecule has 0 aliphatic rings. The molecular weight excluding hydrogens is 538 g/mol. The van der Waals surface area contributed by atoms with E-state index in [1.807, 2.05) is 34.6 Å². The van der Waals surface area contributed by atoms with Crippen LogP contribution < -0.4 is 15.2 Å². The molecule has 1 aromatic carbocycles. The molecule has 1 aromatic rings. The van der Waals surface area contributed by atoms with Crippen molar-refractivity contribution in [1.29, 1.82) is 0 Å². The van der Waals surface area contributed by atoms with Gasteiger partial charge in [-0.1, -0.05) is 53.5 Å². The number of benzene rings is 1. The fourth-order valence-corrected chi connectivity index (χ4v) is 3.45. The summed E-state index contributed by atoms with van der Waals surface area (Å²) in [6, 6.07) is 4.32. The first-order valence-electron chi connectivity index (χ1n) is 13.9. The molecule has 0 aromatic heterocycles. The summed E-state index contributed by atoms with van der Waals surface area (Å²) in [5.41, 5.74) is 5.26. The van der Waals surface area contributed by atoms with Gasteiger partial charge in [0.1, 0.15) is 11.6 Å². The highest BCUT2D eigenvalue weighted by Crippen LogP contribution is 2.32. The van der Waals surface area contributed by atoms with Gasteiger partial charge in [-0.05, 0) is 42.9 Å². The van der Waals surface area contributed by atoms with Gasteiger partial charge in [0.2, 0.25) is 0 Å². The molecule has 0 aliphatic carbocycles. The zero-order valence-corrected chi connectivity index (χ0v) is 25.2. The maximum atomic E-state index is 12.7. The molecule has 232 valence electrons. The second-order valence-corrected chi connectivity index (χ2v) is 10.2.